The van der Waals surface area contributed by atoms with Crippen LogP contribution in [-0.2, 0) is 0 Å². The lowest BCUT2D eigenvalue weighted by Gasteiger charge is -2.22. The number of hydrogen-bond acceptors (Lipinski definition) is 6. The normalized spacial score (nSPS) is 13.0. The Balaban J connectivity index is 2.10. The maximum Gasteiger partial charge on any atom is 0.200 e. The molecule has 0 aliphatic heterocycles. The van der Waals surface area contributed by atoms with Crippen LogP contribution in [0.2, 0.25) is 0 Å². The van der Waals surface area contributed by atoms with Gasteiger partial charge in [0, 0.05) is 24.3 Å². The van der Waals surface area contributed by atoms with E-state index in [1.165, 1.54) is 12.1 Å². The smallest absolute Gasteiger partial charge is 0.200 e. The number of rotatable bonds is 4. The Morgan fingerprint density at radius 3 is 2.17 bits per heavy atom. The molecule has 0 amide bonds. The molecule has 1 aliphatic carbocycles. The van der Waals surface area contributed by atoms with Crippen LogP contribution in [0.3, 0.4) is 0 Å². The molecule has 2 aromatic carbocycles. The van der Waals surface area contributed by atoms with Crippen molar-refractivity contribution < 1.29 is 19.8 Å². The van der Waals surface area contributed by atoms with E-state index in [-0.39, 0.29) is 33.8 Å². The highest BCUT2D eigenvalue weighted by atomic mass is 16.3. The number of ketones is 2. The second kappa shape index (κ2) is 5.98. The summed E-state index contributed by atoms with van der Waals surface area (Å²) >= 11 is 0. The van der Waals surface area contributed by atoms with Crippen LogP contribution in [0.1, 0.15) is 31.8 Å². The highest BCUT2D eigenvalue weighted by Gasteiger charge is 2.35. The third kappa shape index (κ3) is 2.51. The van der Waals surface area contributed by atoms with Gasteiger partial charge in [0.15, 0.2) is 11.6 Å². The second-order valence-electron chi connectivity index (χ2n) is 5.97. The molecule has 1 aliphatic rings. The van der Waals surface area contributed by atoms with Gasteiger partial charge in [0.2, 0.25) is 0 Å². The van der Waals surface area contributed by atoms with Crippen LogP contribution in [0.4, 0.5) is 5.69 Å². The van der Waals surface area contributed by atoms with E-state index in [0.29, 0.717) is 12.2 Å². The van der Waals surface area contributed by atoms with E-state index in [1.54, 1.807) is 18.2 Å². The van der Waals surface area contributed by atoms with E-state index in [9.17, 15) is 19.8 Å². The summed E-state index contributed by atoms with van der Waals surface area (Å²) in [6.07, 6.45) is 0. The minimum atomic E-state index is -0.471. The summed E-state index contributed by atoms with van der Waals surface area (Å²) in [7, 11) is 3.88. The number of phenols is 2. The molecule has 2 aromatic rings. The molecule has 6 nitrogen and oxygen atoms in total. The van der Waals surface area contributed by atoms with Gasteiger partial charge in [-0.3, -0.25) is 9.59 Å². The first-order valence-corrected chi connectivity index (χ1v) is 7.57. The lowest BCUT2D eigenvalue weighted by Crippen LogP contribution is -2.25. The second-order valence-corrected chi connectivity index (χ2v) is 5.97. The number of likely N-dealkylation sites (N-methyl/N-ethyl adjacent to an activating group) is 1. The zero-order chi connectivity index (χ0) is 17.4. The van der Waals surface area contributed by atoms with Crippen molar-refractivity contribution in [3.8, 4) is 11.5 Å². The number of aromatic hydroxyl groups is 2. The van der Waals surface area contributed by atoms with Crippen LogP contribution >= 0.6 is 0 Å². The number of nitrogens with zero attached hydrogens (tertiary/aromatic N) is 1. The van der Waals surface area contributed by atoms with Crippen LogP contribution in [0.25, 0.3) is 0 Å². The van der Waals surface area contributed by atoms with E-state index < -0.39 is 11.6 Å². The van der Waals surface area contributed by atoms with E-state index in [1.807, 2.05) is 19.0 Å². The fourth-order valence-electron chi connectivity index (χ4n) is 2.85. The van der Waals surface area contributed by atoms with Gasteiger partial charge in [-0.15, -0.1) is 0 Å². The monoisotopic (exact) mass is 326 g/mol. The van der Waals surface area contributed by atoms with E-state index in [2.05, 4.69) is 5.32 Å². The number of carbonyl (C=O) groups is 2. The number of anilines is 1. The average Bonchev–Trinajstić information content (AvgIpc) is 2.54. The summed E-state index contributed by atoms with van der Waals surface area (Å²) in [6.45, 7) is 1.36. The minimum Gasteiger partial charge on any atom is -0.507 e. The highest BCUT2D eigenvalue weighted by Crippen LogP contribution is 2.39. The molecule has 0 saturated heterocycles. The molecule has 0 heterocycles. The lowest BCUT2D eigenvalue weighted by atomic mass is 9.82. The first-order chi connectivity index (χ1) is 11.4. The molecular formula is C18H18N2O4. The van der Waals surface area contributed by atoms with Crippen molar-refractivity contribution in [2.45, 2.75) is 0 Å². The van der Waals surface area contributed by atoms with Crippen molar-refractivity contribution in [3.05, 3.63) is 52.6 Å². The number of carbonyl (C=O) groups excluding carboxylic acids is 2. The fourth-order valence-corrected chi connectivity index (χ4v) is 2.85. The molecule has 0 unspecified atom stereocenters. The maximum atomic E-state index is 12.9. The van der Waals surface area contributed by atoms with Crippen LogP contribution in [0.15, 0.2) is 30.3 Å². The van der Waals surface area contributed by atoms with Gasteiger partial charge >= 0.3 is 0 Å². The van der Waals surface area contributed by atoms with Crippen molar-refractivity contribution in [1.82, 2.24) is 4.90 Å². The van der Waals surface area contributed by atoms with Crippen molar-refractivity contribution in [3.63, 3.8) is 0 Å². The van der Waals surface area contributed by atoms with Crippen molar-refractivity contribution in [2.24, 2.45) is 0 Å². The zero-order valence-electron chi connectivity index (χ0n) is 13.5. The zero-order valence-corrected chi connectivity index (χ0v) is 13.5. The number of benzene rings is 2. The summed E-state index contributed by atoms with van der Waals surface area (Å²) < 4.78 is 0. The molecule has 0 aromatic heterocycles. The SMILES string of the molecule is CN(C)CCNc1cccc2c1C(=O)c1c(O)ccc(O)c1C2=O. The Bertz CT molecular complexity index is 843. The van der Waals surface area contributed by atoms with Crippen molar-refractivity contribution in [2.75, 3.05) is 32.5 Å². The third-order valence-corrected chi connectivity index (χ3v) is 4.03. The molecule has 0 saturated carbocycles. The molecule has 124 valence electrons. The predicted octanol–water partition coefficient (Wildman–Crippen LogP) is 1.85. The molecule has 3 N–H and O–H groups in total. The summed E-state index contributed by atoms with van der Waals surface area (Å²) in [5.41, 5.74) is 0.714. The molecule has 0 radical (unpaired) electrons. The molecule has 24 heavy (non-hydrogen) atoms. The summed E-state index contributed by atoms with van der Waals surface area (Å²) in [5, 5.41) is 23.1. The third-order valence-electron chi connectivity index (χ3n) is 4.03. The minimum absolute atomic E-state index is 0.141. The first-order valence-electron chi connectivity index (χ1n) is 7.57. The van der Waals surface area contributed by atoms with Crippen molar-refractivity contribution in [1.29, 1.82) is 0 Å². The van der Waals surface area contributed by atoms with Crippen LogP contribution < -0.4 is 5.32 Å². The first kappa shape index (κ1) is 16.0. The van der Waals surface area contributed by atoms with Gasteiger partial charge in [0.05, 0.1) is 16.7 Å². The van der Waals surface area contributed by atoms with Crippen LogP contribution in [0, 0.1) is 0 Å². The predicted molar refractivity (Wildman–Crippen MR) is 90.1 cm³/mol. The molecule has 3 rings (SSSR count). The molecule has 0 fully saturated rings. The van der Waals surface area contributed by atoms with E-state index in [0.717, 1.165) is 6.54 Å². The Morgan fingerprint density at radius 1 is 0.917 bits per heavy atom. The molecular weight excluding hydrogens is 308 g/mol. The van der Waals surface area contributed by atoms with Gasteiger partial charge in [-0.25, -0.2) is 0 Å². The molecule has 0 atom stereocenters. The average molecular weight is 326 g/mol. The number of fused-ring (bicyclic) bond motifs is 2. The van der Waals surface area contributed by atoms with Crippen LogP contribution in [0.5, 0.6) is 11.5 Å². The van der Waals surface area contributed by atoms with Gasteiger partial charge in [-0.1, -0.05) is 12.1 Å². The summed E-state index contributed by atoms with van der Waals surface area (Å²) in [5.74, 6) is -1.56. The summed E-state index contributed by atoms with van der Waals surface area (Å²) in [6, 6.07) is 7.40. The molecule has 6 heteroatoms. The number of nitrogens with one attached hydrogen (secondary N) is 1. The number of phenolic OH excluding ortho intramolecular Hbond substituents is 2. The van der Waals surface area contributed by atoms with Gasteiger partial charge in [-0.05, 0) is 32.3 Å². The topological polar surface area (TPSA) is 89.9 Å². The van der Waals surface area contributed by atoms with Gasteiger partial charge in [0.1, 0.15) is 11.5 Å². The molecule has 0 spiro atoms. The van der Waals surface area contributed by atoms with E-state index in [4.69, 9.17) is 0 Å². The lowest BCUT2D eigenvalue weighted by molar-refractivity contribution is 0.0974. The Kier molecular flexibility index (Phi) is 3.99. The van der Waals surface area contributed by atoms with Crippen molar-refractivity contribution >= 4 is 17.3 Å². The maximum absolute atomic E-state index is 12.9. The Hall–Kier alpha value is -2.86. The van der Waals surface area contributed by atoms with Crippen LogP contribution in [-0.4, -0.2) is 53.9 Å². The van der Waals surface area contributed by atoms with Gasteiger partial charge in [0.25, 0.3) is 0 Å². The van der Waals surface area contributed by atoms with Gasteiger partial charge < -0.3 is 20.4 Å². The summed E-state index contributed by atoms with van der Waals surface area (Å²) in [4.78, 5) is 27.6. The number of hydrogen-bond donors (Lipinski definition) is 3. The fraction of sp³-hybridized carbons (Fsp3) is 0.222. The van der Waals surface area contributed by atoms with E-state index >= 15 is 0 Å². The Labute approximate surface area is 139 Å². The van der Waals surface area contributed by atoms with Gasteiger partial charge in [-0.2, -0.15) is 0 Å². The quantitative estimate of drug-likeness (QED) is 0.634. The standard InChI is InChI=1S/C18H18N2O4/c1-20(2)9-8-19-11-5-3-4-10-14(11)18(24)16-13(22)7-6-12(21)15(16)17(10)23/h3-7,19,21-22H,8-9H2,1-2H3. The Morgan fingerprint density at radius 2 is 1.54 bits per heavy atom. The highest BCUT2D eigenvalue weighted by molar-refractivity contribution is 6.31. The molecule has 0 bridgehead atoms. The largest absolute Gasteiger partial charge is 0.507 e.